The van der Waals surface area contributed by atoms with Gasteiger partial charge in [-0.2, -0.15) is 0 Å². The molecule has 0 saturated carbocycles. The molecule has 0 aliphatic carbocycles. The summed E-state index contributed by atoms with van der Waals surface area (Å²) >= 11 is 3.25. The maximum Gasteiger partial charge on any atom is 0.292 e. The van der Waals surface area contributed by atoms with E-state index in [0.29, 0.717) is 15.7 Å². The van der Waals surface area contributed by atoms with Crippen molar-refractivity contribution in [1.82, 2.24) is 4.72 Å². The lowest BCUT2D eigenvalue weighted by Crippen LogP contribution is -2.29. The number of nitrogens with zero attached hydrogens (tertiary/aromatic N) is 1. The van der Waals surface area contributed by atoms with Crippen LogP contribution in [0.5, 0.6) is 0 Å². The minimum Gasteiger partial charge on any atom is -0.378 e. The Kier molecular flexibility index (Phi) is 5.92. The number of benzene rings is 2. The Morgan fingerprint density at radius 2 is 1.88 bits per heavy atom. The third kappa shape index (κ3) is 4.53. The van der Waals surface area contributed by atoms with Crippen molar-refractivity contribution in [3.8, 4) is 0 Å². The molecule has 24 heavy (non-hydrogen) atoms. The van der Waals surface area contributed by atoms with Crippen LogP contribution in [0.2, 0.25) is 0 Å². The van der Waals surface area contributed by atoms with Gasteiger partial charge in [0.25, 0.3) is 5.69 Å². The van der Waals surface area contributed by atoms with Gasteiger partial charge in [0, 0.05) is 23.6 Å². The summed E-state index contributed by atoms with van der Waals surface area (Å²) in [4.78, 5) is 10.6. The summed E-state index contributed by atoms with van der Waals surface area (Å²) in [5, 5.41) is 13.8. The van der Waals surface area contributed by atoms with Gasteiger partial charge in [-0.3, -0.25) is 10.1 Å². The molecular weight excluding hydrogens is 398 g/mol. The van der Waals surface area contributed by atoms with Gasteiger partial charge in [-0.1, -0.05) is 34.1 Å². The molecule has 2 rings (SSSR count). The van der Waals surface area contributed by atoms with Crippen LogP contribution in [0.3, 0.4) is 0 Å². The molecule has 0 aromatic heterocycles. The normalized spacial score (nSPS) is 11.2. The number of para-hydroxylation sites is 2. The van der Waals surface area contributed by atoms with Gasteiger partial charge in [0.2, 0.25) is 10.0 Å². The molecular formula is C15H16BrN3O4S. The van der Waals surface area contributed by atoms with Gasteiger partial charge < -0.3 is 5.32 Å². The Labute approximate surface area is 148 Å². The van der Waals surface area contributed by atoms with Crippen LogP contribution in [-0.4, -0.2) is 26.4 Å². The first-order valence-corrected chi connectivity index (χ1v) is 9.32. The summed E-state index contributed by atoms with van der Waals surface area (Å²) < 4.78 is 27.8. The molecule has 0 aliphatic rings. The first-order chi connectivity index (χ1) is 11.3. The van der Waals surface area contributed by atoms with Crippen molar-refractivity contribution >= 4 is 37.3 Å². The van der Waals surface area contributed by atoms with Crippen LogP contribution in [-0.2, 0) is 10.0 Å². The quantitative estimate of drug-likeness (QED) is 0.412. The van der Waals surface area contributed by atoms with Crippen molar-refractivity contribution in [3.05, 3.63) is 62.6 Å². The highest BCUT2D eigenvalue weighted by molar-refractivity contribution is 9.10. The van der Waals surface area contributed by atoms with Gasteiger partial charge in [-0.05, 0) is 30.7 Å². The third-order valence-corrected chi connectivity index (χ3v) is 5.37. The first kappa shape index (κ1) is 18.4. The molecule has 0 spiro atoms. The predicted molar refractivity (Wildman–Crippen MR) is 95.7 cm³/mol. The van der Waals surface area contributed by atoms with Crippen LogP contribution in [0.4, 0.5) is 11.4 Å². The monoisotopic (exact) mass is 413 g/mol. The van der Waals surface area contributed by atoms with Crippen LogP contribution in [0.1, 0.15) is 5.56 Å². The van der Waals surface area contributed by atoms with E-state index in [1.165, 1.54) is 12.1 Å². The second-order valence-corrected chi connectivity index (χ2v) is 7.66. The Morgan fingerprint density at radius 1 is 1.17 bits per heavy atom. The molecule has 9 heteroatoms. The summed E-state index contributed by atoms with van der Waals surface area (Å²) in [6.45, 7) is 2.03. The topological polar surface area (TPSA) is 101 Å². The number of nitrogens with one attached hydrogen (secondary N) is 2. The van der Waals surface area contributed by atoms with Gasteiger partial charge >= 0.3 is 0 Å². The van der Waals surface area contributed by atoms with Crippen LogP contribution in [0.15, 0.2) is 51.8 Å². The number of rotatable bonds is 7. The maximum atomic E-state index is 12.3. The van der Waals surface area contributed by atoms with E-state index in [1.807, 2.05) is 0 Å². The molecule has 0 radical (unpaired) electrons. The molecule has 0 atom stereocenters. The fraction of sp³-hybridized carbons (Fsp3) is 0.200. The van der Waals surface area contributed by atoms with E-state index in [4.69, 9.17) is 0 Å². The summed E-state index contributed by atoms with van der Waals surface area (Å²) in [6, 6.07) is 11.2. The molecule has 0 unspecified atom stereocenters. The zero-order valence-electron chi connectivity index (χ0n) is 12.8. The van der Waals surface area contributed by atoms with E-state index in [0.717, 1.165) is 0 Å². The number of sulfonamides is 1. The van der Waals surface area contributed by atoms with Gasteiger partial charge in [0.15, 0.2) is 0 Å². The Hall–Kier alpha value is -1.97. The molecule has 2 aromatic carbocycles. The van der Waals surface area contributed by atoms with E-state index in [1.54, 1.807) is 37.3 Å². The molecule has 0 fully saturated rings. The standard InChI is InChI=1S/C15H16BrN3O4S/c1-11-6-7-12(16)10-15(11)24(22,23)18-9-8-17-13-4-2-3-5-14(13)19(20)21/h2-7,10,17-18H,8-9H2,1H3. The van der Waals surface area contributed by atoms with Crippen LogP contribution in [0.25, 0.3) is 0 Å². The van der Waals surface area contributed by atoms with Gasteiger partial charge in [0.05, 0.1) is 9.82 Å². The van der Waals surface area contributed by atoms with Crippen LogP contribution in [0, 0.1) is 17.0 Å². The zero-order chi connectivity index (χ0) is 17.7. The first-order valence-electron chi connectivity index (χ1n) is 7.04. The lowest BCUT2D eigenvalue weighted by Gasteiger charge is -2.11. The van der Waals surface area contributed by atoms with Crippen molar-refractivity contribution in [2.24, 2.45) is 0 Å². The van der Waals surface area contributed by atoms with Crippen molar-refractivity contribution < 1.29 is 13.3 Å². The number of nitro benzene ring substituents is 1. The van der Waals surface area contributed by atoms with E-state index in [9.17, 15) is 18.5 Å². The van der Waals surface area contributed by atoms with Crippen molar-refractivity contribution in [3.63, 3.8) is 0 Å². The lowest BCUT2D eigenvalue weighted by atomic mass is 10.2. The molecule has 0 amide bonds. The van der Waals surface area contributed by atoms with Crippen molar-refractivity contribution in [1.29, 1.82) is 0 Å². The highest BCUT2D eigenvalue weighted by atomic mass is 79.9. The number of hydrogen-bond acceptors (Lipinski definition) is 5. The minimum absolute atomic E-state index is 0.0526. The minimum atomic E-state index is -3.65. The van der Waals surface area contributed by atoms with Crippen molar-refractivity contribution in [2.75, 3.05) is 18.4 Å². The third-order valence-electron chi connectivity index (χ3n) is 3.27. The van der Waals surface area contributed by atoms with Gasteiger partial charge in [-0.25, -0.2) is 13.1 Å². The Balaban J connectivity index is 1.99. The second-order valence-electron chi connectivity index (χ2n) is 5.01. The number of nitro groups is 1. The average molecular weight is 414 g/mol. The molecule has 0 saturated heterocycles. The van der Waals surface area contributed by atoms with Gasteiger partial charge in [-0.15, -0.1) is 0 Å². The molecule has 2 aromatic rings. The highest BCUT2D eigenvalue weighted by Crippen LogP contribution is 2.23. The number of aryl methyl sites for hydroxylation is 1. The molecule has 7 nitrogen and oxygen atoms in total. The molecule has 0 bridgehead atoms. The Bertz CT molecular complexity index is 856. The van der Waals surface area contributed by atoms with Gasteiger partial charge in [0.1, 0.15) is 5.69 Å². The summed E-state index contributed by atoms with van der Waals surface area (Å²) in [5.41, 5.74) is 0.931. The fourth-order valence-corrected chi connectivity index (χ4v) is 3.92. The van der Waals surface area contributed by atoms with Crippen molar-refractivity contribution in [2.45, 2.75) is 11.8 Å². The fourth-order valence-electron chi connectivity index (χ4n) is 2.11. The van der Waals surface area contributed by atoms with Crippen LogP contribution < -0.4 is 10.0 Å². The number of hydrogen-bond donors (Lipinski definition) is 2. The number of anilines is 1. The van der Waals surface area contributed by atoms with E-state index >= 15 is 0 Å². The average Bonchev–Trinajstić information content (AvgIpc) is 2.54. The molecule has 128 valence electrons. The smallest absolute Gasteiger partial charge is 0.292 e. The maximum absolute atomic E-state index is 12.3. The SMILES string of the molecule is Cc1ccc(Br)cc1S(=O)(=O)NCCNc1ccccc1[N+](=O)[O-]. The number of halogens is 1. The summed E-state index contributed by atoms with van der Waals surface area (Å²) in [7, 11) is -3.65. The highest BCUT2D eigenvalue weighted by Gasteiger charge is 2.17. The zero-order valence-corrected chi connectivity index (χ0v) is 15.2. The molecule has 0 heterocycles. The predicted octanol–water partition coefficient (Wildman–Crippen LogP) is 3.06. The summed E-state index contributed by atoms with van der Waals surface area (Å²) in [5.74, 6) is 0. The molecule has 2 N–H and O–H groups in total. The van der Waals surface area contributed by atoms with E-state index < -0.39 is 14.9 Å². The largest absolute Gasteiger partial charge is 0.378 e. The van der Waals surface area contributed by atoms with E-state index in [2.05, 4.69) is 26.0 Å². The summed E-state index contributed by atoms with van der Waals surface area (Å²) in [6.07, 6.45) is 0. The molecule has 0 aliphatic heterocycles. The van der Waals surface area contributed by atoms with Crippen LogP contribution >= 0.6 is 15.9 Å². The second kappa shape index (κ2) is 7.73. The Morgan fingerprint density at radius 3 is 2.58 bits per heavy atom. The van der Waals surface area contributed by atoms with E-state index in [-0.39, 0.29) is 23.7 Å². The lowest BCUT2D eigenvalue weighted by molar-refractivity contribution is -0.384.